The molecule has 100 valence electrons. The fraction of sp³-hybridized carbons (Fsp3) is 0.500. The first kappa shape index (κ1) is 14.8. The van der Waals surface area contributed by atoms with Crippen LogP contribution in [0.2, 0.25) is 5.02 Å². The topological polar surface area (TPSA) is 29.5 Å². The number of hydrogen-bond acceptors (Lipinski definition) is 2. The van der Waals surface area contributed by atoms with Gasteiger partial charge in [0.1, 0.15) is 5.75 Å². The summed E-state index contributed by atoms with van der Waals surface area (Å²) < 4.78 is 5.39. The molecule has 0 spiro atoms. The van der Waals surface area contributed by atoms with Crippen LogP contribution in [-0.4, -0.2) is 31.5 Å². The van der Waals surface area contributed by atoms with Gasteiger partial charge in [-0.15, -0.1) is 0 Å². The molecule has 1 rings (SSSR count). The number of rotatable bonds is 4. The zero-order valence-electron chi connectivity index (χ0n) is 11.6. The van der Waals surface area contributed by atoms with Gasteiger partial charge in [-0.05, 0) is 37.5 Å². The first-order chi connectivity index (χ1) is 8.38. The summed E-state index contributed by atoms with van der Waals surface area (Å²) in [5, 5.41) is 0.774. The molecule has 4 heteroatoms. The molecular formula is C14H20ClNO2. The van der Waals surface area contributed by atoms with E-state index in [2.05, 4.69) is 0 Å². The van der Waals surface area contributed by atoms with Crippen LogP contribution in [0.5, 0.6) is 5.75 Å². The Balaban J connectivity index is 3.00. The Kier molecular flexibility index (Phi) is 5.03. The van der Waals surface area contributed by atoms with Gasteiger partial charge in [0.15, 0.2) is 0 Å². The lowest BCUT2D eigenvalue weighted by Crippen LogP contribution is -2.26. The summed E-state index contributed by atoms with van der Waals surface area (Å²) in [7, 11) is 3.44. The minimum absolute atomic E-state index is 0.0600. The molecule has 0 bridgehead atoms. The fourth-order valence-corrected chi connectivity index (χ4v) is 2.06. The molecule has 0 saturated carbocycles. The SMILES string of the molecule is COc1cc(C)c(Cl)c(C)c1CCN(C)C(C)=O. The molecule has 0 aliphatic heterocycles. The van der Waals surface area contributed by atoms with E-state index in [1.807, 2.05) is 19.9 Å². The number of likely N-dealkylation sites (N-methyl/N-ethyl adjacent to an activating group) is 1. The number of benzene rings is 1. The number of aryl methyl sites for hydroxylation is 1. The second-order valence-corrected chi connectivity index (χ2v) is 4.88. The number of hydrogen-bond donors (Lipinski definition) is 0. The van der Waals surface area contributed by atoms with E-state index in [9.17, 15) is 4.79 Å². The maximum absolute atomic E-state index is 11.2. The Morgan fingerprint density at radius 3 is 2.56 bits per heavy atom. The summed E-state index contributed by atoms with van der Waals surface area (Å²) >= 11 is 6.25. The van der Waals surface area contributed by atoms with Crippen molar-refractivity contribution < 1.29 is 9.53 Å². The standard InChI is InChI=1S/C14H20ClNO2/c1-9-8-13(18-5)12(10(2)14(9)15)6-7-16(4)11(3)17/h8H,6-7H2,1-5H3. The molecular weight excluding hydrogens is 250 g/mol. The van der Waals surface area contributed by atoms with E-state index < -0.39 is 0 Å². The van der Waals surface area contributed by atoms with Gasteiger partial charge in [0.05, 0.1) is 7.11 Å². The summed E-state index contributed by atoms with van der Waals surface area (Å²) in [6, 6.07) is 1.94. The van der Waals surface area contributed by atoms with Crippen LogP contribution in [0.4, 0.5) is 0 Å². The highest BCUT2D eigenvalue weighted by Crippen LogP contribution is 2.31. The molecule has 0 aliphatic rings. The van der Waals surface area contributed by atoms with Gasteiger partial charge in [-0.1, -0.05) is 11.6 Å². The van der Waals surface area contributed by atoms with Crippen molar-refractivity contribution in [3.63, 3.8) is 0 Å². The molecule has 3 nitrogen and oxygen atoms in total. The van der Waals surface area contributed by atoms with Gasteiger partial charge in [0, 0.05) is 31.1 Å². The number of ether oxygens (including phenoxy) is 1. The maximum Gasteiger partial charge on any atom is 0.219 e. The monoisotopic (exact) mass is 269 g/mol. The summed E-state index contributed by atoms with van der Waals surface area (Å²) in [5.41, 5.74) is 3.11. The van der Waals surface area contributed by atoms with Crippen LogP contribution in [0, 0.1) is 13.8 Å². The molecule has 1 aromatic carbocycles. The van der Waals surface area contributed by atoms with E-state index in [-0.39, 0.29) is 5.91 Å². The van der Waals surface area contributed by atoms with Gasteiger partial charge in [0.2, 0.25) is 5.91 Å². The van der Waals surface area contributed by atoms with E-state index >= 15 is 0 Å². The van der Waals surface area contributed by atoms with Crippen LogP contribution in [-0.2, 0) is 11.2 Å². The minimum atomic E-state index is 0.0600. The molecule has 0 saturated heterocycles. The second kappa shape index (κ2) is 6.10. The first-order valence-corrected chi connectivity index (χ1v) is 6.30. The van der Waals surface area contributed by atoms with E-state index in [4.69, 9.17) is 16.3 Å². The Hall–Kier alpha value is -1.22. The van der Waals surface area contributed by atoms with Crippen LogP contribution in [0.15, 0.2) is 6.07 Å². The van der Waals surface area contributed by atoms with Crippen LogP contribution in [0.3, 0.4) is 0 Å². The highest BCUT2D eigenvalue weighted by molar-refractivity contribution is 6.32. The largest absolute Gasteiger partial charge is 0.496 e. The molecule has 0 radical (unpaired) electrons. The van der Waals surface area contributed by atoms with Crippen molar-refractivity contribution in [1.29, 1.82) is 0 Å². The Labute approximate surface area is 114 Å². The number of nitrogens with zero attached hydrogens (tertiary/aromatic N) is 1. The summed E-state index contributed by atoms with van der Waals surface area (Å²) in [6.45, 7) is 6.17. The first-order valence-electron chi connectivity index (χ1n) is 5.92. The quantitative estimate of drug-likeness (QED) is 0.841. The highest BCUT2D eigenvalue weighted by Gasteiger charge is 2.13. The molecule has 0 aromatic heterocycles. The Morgan fingerprint density at radius 1 is 1.44 bits per heavy atom. The minimum Gasteiger partial charge on any atom is -0.496 e. The zero-order chi connectivity index (χ0) is 13.9. The van der Waals surface area contributed by atoms with Gasteiger partial charge >= 0.3 is 0 Å². The van der Waals surface area contributed by atoms with Gasteiger partial charge in [-0.25, -0.2) is 0 Å². The molecule has 1 amide bonds. The number of carbonyl (C=O) groups excluding carboxylic acids is 1. The van der Waals surface area contributed by atoms with E-state index in [1.54, 1.807) is 26.0 Å². The highest BCUT2D eigenvalue weighted by atomic mass is 35.5. The van der Waals surface area contributed by atoms with Gasteiger partial charge in [-0.2, -0.15) is 0 Å². The summed E-state index contributed by atoms with van der Waals surface area (Å²) in [6.07, 6.45) is 0.741. The van der Waals surface area contributed by atoms with Gasteiger partial charge in [-0.3, -0.25) is 4.79 Å². The third kappa shape index (κ3) is 3.16. The number of carbonyl (C=O) groups is 1. The van der Waals surface area contributed by atoms with Crippen molar-refractivity contribution in [2.24, 2.45) is 0 Å². The van der Waals surface area contributed by atoms with Crippen molar-refractivity contribution in [3.05, 3.63) is 27.8 Å². The van der Waals surface area contributed by atoms with Crippen LogP contribution >= 0.6 is 11.6 Å². The third-order valence-electron chi connectivity index (χ3n) is 3.23. The van der Waals surface area contributed by atoms with Crippen molar-refractivity contribution in [1.82, 2.24) is 4.90 Å². The lowest BCUT2D eigenvalue weighted by atomic mass is 10.0. The van der Waals surface area contributed by atoms with Crippen LogP contribution in [0.1, 0.15) is 23.6 Å². The van der Waals surface area contributed by atoms with Crippen molar-refractivity contribution in [2.75, 3.05) is 20.7 Å². The molecule has 0 aliphatic carbocycles. The third-order valence-corrected chi connectivity index (χ3v) is 3.81. The van der Waals surface area contributed by atoms with E-state index in [0.717, 1.165) is 33.9 Å². The predicted molar refractivity (Wildman–Crippen MR) is 74.5 cm³/mol. The molecule has 0 atom stereocenters. The summed E-state index contributed by atoms with van der Waals surface area (Å²) in [4.78, 5) is 12.9. The number of amides is 1. The molecule has 18 heavy (non-hydrogen) atoms. The van der Waals surface area contributed by atoms with E-state index in [0.29, 0.717) is 6.54 Å². The van der Waals surface area contributed by atoms with Gasteiger partial charge in [0.25, 0.3) is 0 Å². The molecule has 0 unspecified atom stereocenters. The van der Waals surface area contributed by atoms with Crippen LogP contribution in [0.25, 0.3) is 0 Å². The van der Waals surface area contributed by atoms with Crippen molar-refractivity contribution in [3.8, 4) is 5.75 Å². The average Bonchev–Trinajstić information content (AvgIpc) is 2.33. The number of halogens is 1. The number of methoxy groups -OCH3 is 1. The predicted octanol–water partition coefficient (Wildman–Crippen LogP) is 2.99. The maximum atomic E-state index is 11.2. The average molecular weight is 270 g/mol. The fourth-order valence-electron chi connectivity index (χ4n) is 1.89. The van der Waals surface area contributed by atoms with Crippen LogP contribution < -0.4 is 4.74 Å². The van der Waals surface area contributed by atoms with Crippen molar-refractivity contribution in [2.45, 2.75) is 27.2 Å². The lowest BCUT2D eigenvalue weighted by molar-refractivity contribution is -0.127. The molecule has 1 aromatic rings. The Morgan fingerprint density at radius 2 is 2.06 bits per heavy atom. The lowest BCUT2D eigenvalue weighted by Gasteiger charge is -2.19. The molecule has 0 N–H and O–H groups in total. The second-order valence-electron chi connectivity index (χ2n) is 4.50. The summed E-state index contributed by atoms with van der Waals surface area (Å²) in [5.74, 6) is 0.899. The molecule has 0 heterocycles. The van der Waals surface area contributed by atoms with Gasteiger partial charge < -0.3 is 9.64 Å². The van der Waals surface area contributed by atoms with E-state index in [1.165, 1.54) is 0 Å². The molecule has 0 fully saturated rings. The zero-order valence-corrected chi connectivity index (χ0v) is 12.4. The van der Waals surface area contributed by atoms with Crippen molar-refractivity contribution >= 4 is 17.5 Å². The smallest absolute Gasteiger partial charge is 0.219 e. The normalized spacial score (nSPS) is 10.3. The Bertz CT molecular complexity index is 458.